The van der Waals surface area contributed by atoms with E-state index in [2.05, 4.69) is 9.99 Å². The highest BCUT2D eigenvalue weighted by Gasteiger charge is 2.06. The first kappa shape index (κ1) is 12.0. The van der Waals surface area contributed by atoms with Crippen LogP contribution in [0.4, 0.5) is 0 Å². The quantitative estimate of drug-likeness (QED) is 0.462. The van der Waals surface area contributed by atoms with Gasteiger partial charge >= 0.3 is 5.97 Å². The first-order valence-electron chi connectivity index (χ1n) is 4.71. The van der Waals surface area contributed by atoms with Gasteiger partial charge in [0.25, 0.3) is 0 Å². The minimum absolute atomic E-state index is 0.00762. The molecule has 0 fully saturated rings. The zero-order valence-corrected chi connectivity index (χ0v) is 9.10. The summed E-state index contributed by atoms with van der Waals surface area (Å²) in [6, 6.07) is 3.07. The highest BCUT2D eigenvalue weighted by molar-refractivity contribution is 5.69. The SMILES string of the molecule is CC(=O)ON=CCc1c(O)cc(C)cc1O. The normalized spacial score (nSPS) is 10.6. The van der Waals surface area contributed by atoms with Gasteiger partial charge in [0.15, 0.2) is 0 Å². The van der Waals surface area contributed by atoms with Crippen molar-refractivity contribution in [2.24, 2.45) is 5.16 Å². The van der Waals surface area contributed by atoms with E-state index in [0.717, 1.165) is 5.56 Å². The molecule has 16 heavy (non-hydrogen) atoms. The van der Waals surface area contributed by atoms with Crippen molar-refractivity contribution in [1.82, 2.24) is 0 Å². The fraction of sp³-hybridized carbons (Fsp3) is 0.273. The van der Waals surface area contributed by atoms with E-state index < -0.39 is 5.97 Å². The van der Waals surface area contributed by atoms with Gasteiger partial charge in [-0.25, -0.2) is 4.79 Å². The van der Waals surface area contributed by atoms with E-state index in [1.165, 1.54) is 25.3 Å². The minimum Gasteiger partial charge on any atom is -0.508 e. The van der Waals surface area contributed by atoms with Crippen molar-refractivity contribution in [1.29, 1.82) is 0 Å². The maximum Gasteiger partial charge on any atom is 0.331 e. The molecule has 1 aromatic rings. The molecule has 0 bridgehead atoms. The summed E-state index contributed by atoms with van der Waals surface area (Å²) in [5.74, 6) is -0.535. The van der Waals surface area contributed by atoms with Crippen molar-refractivity contribution in [2.45, 2.75) is 20.3 Å². The van der Waals surface area contributed by atoms with Gasteiger partial charge in [-0.15, -0.1) is 0 Å². The third kappa shape index (κ3) is 3.27. The highest BCUT2D eigenvalue weighted by atomic mass is 16.7. The number of hydrogen-bond acceptors (Lipinski definition) is 5. The fourth-order valence-electron chi connectivity index (χ4n) is 1.23. The van der Waals surface area contributed by atoms with Crippen LogP contribution in [0.2, 0.25) is 0 Å². The van der Waals surface area contributed by atoms with Crippen LogP contribution in [0.15, 0.2) is 17.3 Å². The number of nitrogens with zero attached hydrogens (tertiary/aromatic N) is 1. The predicted molar refractivity (Wildman–Crippen MR) is 58.5 cm³/mol. The Bertz CT molecular complexity index is 403. The van der Waals surface area contributed by atoms with Crippen molar-refractivity contribution in [3.8, 4) is 11.5 Å². The Morgan fingerprint density at radius 1 is 1.44 bits per heavy atom. The number of carbonyl (C=O) groups excluding carboxylic acids is 1. The molecule has 0 heterocycles. The zero-order valence-electron chi connectivity index (χ0n) is 9.10. The topological polar surface area (TPSA) is 79.1 Å². The maximum absolute atomic E-state index is 10.4. The van der Waals surface area contributed by atoms with E-state index >= 15 is 0 Å². The van der Waals surface area contributed by atoms with E-state index in [1.54, 1.807) is 6.92 Å². The standard InChI is InChI=1S/C11H13NO4/c1-7-5-10(14)9(11(15)6-7)3-4-12-16-8(2)13/h4-6,14-15H,3H2,1-2H3. The zero-order chi connectivity index (χ0) is 12.1. The van der Waals surface area contributed by atoms with Gasteiger partial charge < -0.3 is 15.1 Å². The second-order valence-electron chi connectivity index (χ2n) is 3.36. The number of oxime groups is 1. The van der Waals surface area contributed by atoms with Gasteiger partial charge in [0, 0.05) is 25.1 Å². The first-order chi connectivity index (χ1) is 7.50. The average Bonchev–Trinajstić information content (AvgIpc) is 2.14. The van der Waals surface area contributed by atoms with Gasteiger partial charge in [0.05, 0.1) is 0 Å². The van der Waals surface area contributed by atoms with Gasteiger partial charge in [-0.05, 0) is 24.6 Å². The third-order valence-corrected chi connectivity index (χ3v) is 1.90. The molecule has 0 atom stereocenters. The smallest absolute Gasteiger partial charge is 0.331 e. The maximum atomic E-state index is 10.4. The fourth-order valence-corrected chi connectivity index (χ4v) is 1.23. The van der Waals surface area contributed by atoms with Crippen LogP contribution < -0.4 is 0 Å². The molecule has 1 aromatic carbocycles. The lowest BCUT2D eigenvalue weighted by atomic mass is 10.1. The molecule has 0 saturated carbocycles. The van der Waals surface area contributed by atoms with E-state index in [4.69, 9.17) is 0 Å². The van der Waals surface area contributed by atoms with Crippen molar-refractivity contribution in [3.63, 3.8) is 0 Å². The summed E-state index contributed by atoms with van der Waals surface area (Å²) in [6.45, 7) is 2.99. The Morgan fingerprint density at radius 3 is 2.50 bits per heavy atom. The van der Waals surface area contributed by atoms with Crippen LogP contribution in [0, 0.1) is 6.92 Å². The van der Waals surface area contributed by atoms with Crippen LogP contribution in [0.3, 0.4) is 0 Å². The molecular formula is C11H13NO4. The van der Waals surface area contributed by atoms with Crippen molar-refractivity contribution >= 4 is 12.2 Å². The lowest BCUT2D eigenvalue weighted by molar-refractivity contribution is -0.140. The minimum atomic E-state index is -0.520. The van der Waals surface area contributed by atoms with Crippen LogP contribution in [-0.2, 0) is 16.1 Å². The first-order valence-corrected chi connectivity index (χ1v) is 4.71. The molecule has 0 radical (unpaired) electrons. The molecule has 1 rings (SSSR count). The molecule has 86 valence electrons. The third-order valence-electron chi connectivity index (χ3n) is 1.90. The van der Waals surface area contributed by atoms with E-state index in [9.17, 15) is 15.0 Å². The Hall–Kier alpha value is -2.04. The molecule has 0 unspecified atom stereocenters. The van der Waals surface area contributed by atoms with Crippen LogP contribution in [0.1, 0.15) is 18.1 Å². The predicted octanol–water partition coefficient (Wildman–Crippen LogP) is 1.50. The summed E-state index contributed by atoms with van der Waals surface area (Å²) in [7, 11) is 0. The molecule has 2 N–H and O–H groups in total. The summed E-state index contributed by atoms with van der Waals surface area (Å²) < 4.78 is 0. The Kier molecular flexibility index (Phi) is 3.88. The number of aryl methyl sites for hydroxylation is 1. The lowest BCUT2D eigenvalue weighted by Gasteiger charge is -2.05. The number of benzene rings is 1. The summed E-state index contributed by atoms with van der Waals surface area (Å²) in [4.78, 5) is 14.7. The van der Waals surface area contributed by atoms with E-state index in [0.29, 0.717) is 5.56 Å². The largest absolute Gasteiger partial charge is 0.508 e. The molecular weight excluding hydrogens is 210 g/mol. The van der Waals surface area contributed by atoms with Gasteiger partial charge in [-0.3, -0.25) is 0 Å². The Labute approximate surface area is 93.0 Å². The molecule has 0 spiro atoms. The summed E-state index contributed by atoms with van der Waals surface area (Å²) in [5.41, 5.74) is 1.11. The van der Waals surface area contributed by atoms with Gasteiger partial charge in [0.1, 0.15) is 11.5 Å². The van der Waals surface area contributed by atoms with Crippen LogP contribution >= 0.6 is 0 Å². The van der Waals surface area contributed by atoms with Crippen molar-refractivity contribution in [3.05, 3.63) is 23.3 Å². The van der Waals surface area contributed by atoms with Crippen LogP contribution in [-0.4, -0.2) is 22.4 Å². The highest BCUT2D eigenvalue weighted by Crippen LogP contribution is 2.28. The number of aromatic hydroxyl groups is 2. The summed E-state index contributed by atoms with van der Waals surface area (Å²) in [6.07, 6.45) is 1.48. The molecule has 5 heteroatoms. The molecule has 0 amide bonds. The summed E-state index contributed by atoms with van der Waals surface area (Å²) >= 11 is 0. The van der Waals surface area contributed by atoms with Crippen molar-refractivity contribution in [2.75, 3.05) is 0 Å². The number of phenolic OH excluding ortho intramolecular Hbond substituents is 2. The summed E-state index contributed by atoms with van der Waals surface area (Å²) in [5, 5.41) is 22.5. The molecule has 0 aromatic heterocycles. The van der Waals surface area contributed by atoms with Gasteiger partial charge in [-0.1, -0.05) is 5.16 Å². The molecule has 0 aliphatic heterocycles. The van der Waals surface area contributed by atoms with E-state index in [-0.39, 0.29) is 17.9 Å². The number of phenols is 2. The van der Waals surface area contributed by atoms with Crippen molar-refractivity contribution < 1.29 is 19.8 Å². The number of hydrogen-bond donors (Lipinski definition) is 2. The van der Waals surface area contributed by atoms with Crippen LogP contribution in [0.5, 0.6) is 11.5 Å². The average molecular weight is 223 g/mol. The molecule has 0 saturated heterocycles. The second kappa shape index (κ2) is 5.16. The molecule has 0 aliphatic carbocycles. The van der Waals surface area contributed by atoms with E-state index in [1.807, 2.05) is 0 Å². The second-order valence-corrected chi connectivity index (χ2v) is 3.36. The number of carbonyl (C=O) groups is 1. The van der Waals surface area contributed by atoms with Gasteiger partial charge in [0.2, 0.25) is 0 Å². The monoisotopic (exact) mass is 223 g/mol. The van der Waals surface area contributed by atoms with Crippen LogP contribution in [0.25, 0.3) is 0 Å². The Balaban J connectivity index is 2.74. The lowest BCUT2D eigenvalue weighted by Crippen LogP contribution is -1.94. The molecule has 0 aliphatic rings. The molecule has 5 nitrogen and oxygen atoms in total. The van der Waals surface area contributed by atoms with Gasteiger partial charge in [-0.2, -0.15) is 0 Å². The Morgan fingerprint density at radius 2 is 2.00 bits per heavy atom. The number of rotatable bonds is 3.